The number of carbonyl (C=O) groups excluding carboxylic acids is 1. The average Bonchev–Trinajstić information content (AvgIpc) is 2.93. The van der Waals surface area contributed by atoms with E-state index in [0.29, 0.717) is 30.8 Å². The molecule has 0 bridgehead atoms. The third-order valence-electron chi connectivity index (χ3n) is 3.83. The second kappa shape index (κ2) is 6.37. The van der Waals surface area contributed by atoms with E-state index >= 15 is 0 Å². The number of nitrogens with zero attached hydrogens (tertiary/aromatic N) is 1. The van der Waals surface area contributed by atoms with Crippen LogP contribution in [0.15, 0.2) is 22.6 Å². The second-order valence-corrected chi connectivity index (χ2v) is 5.18. The highest BCUT2D eigenvalue weighted by atomic mass is 16.7. The van der Waals surface area contributed by atoms with Crippen molar-refractivity contribution in [2.24, 2.45) is 0 Å². The van der Waals surface area contributed by atoms with Gasteiger partial charge in [-0.1, -0.05) is 6.92 Å². The van der Waals surface area contributed by atoms with Gasteiger partial charge in [0.2, 0.25) is 5.76 Å². The van der Waals surface area contributed by atoms with Crippen LogP contribution in [0.5, 0.6) is 5.75 Å². The van der Waals surface area contributed by atoms with Gasteiger partial charge in [0.25, 0.3) is 0 Å². The number of rotatable bonds is 4. The summed E-state index contributed by atoms with van der Waals surface area (Å²) in [5.74, 6) is 0.545. The van der Waals surface area contributed by atoms with Crippen LogP contribution in [0.4, 0.5) is 0 Å². The molecule has 1 aromatic carbocycles. The van der Waals surface area contributed by atoms with E-state index in [1.165, 1.54) is 0 Å². The molecule has 1 fully saturated rings. The lowest BCUT2D eigenvalue weighted by atomic mass is 10.1. The lowest BCUT2D eigenvalue weighted by Crippen LogP contribution is -2.44. The van der Waals surface area contributed by atoms with Gasteiger partial charge in [-0.2, -0.15) is 0 Å². The normalized spacial score (nSPS) is 15.9. The first kappa shape index (κ1) is 14.9. The predicted molar refractivity (Wildman–Crippen MR) is 82.0 cm³/mol. The van der Waals surface area contributed by atoms with Crippen molar-refractivity contribution in [3.05, 3.63) is 29.5 Å². The molecule has 0 saturated carbocycles. The predicted octanol–water partition coefficient (Wildman–Crippen LogP) is 1.98. The molecular weight excluding hydrogens is 284 g/mol. The molecule has 2 aromatic rings. The largest absolute Gasteiger partial charge is 0.497 e. The lowest BCUT2D eigenvalue weighted by molar-refractivity contribution is -0.117. The minimum Gasteiger partial charge on any atom is -0.497 e. The molecular formula is C16H20N2O4. The van der Waals surface area contributed by atoms with E-state index in [2.05, 4.69) is 5.32 Å². The van der Waals surface area contributed by atoms with Crippen molar-refractivity contribution in [3.63, 3.8) is 0 Å². The van der Waals surface area contributed by atoms with Crippen LogP contribution in [0.25, 0.3) is 11.0 Å². The van der Waals surface area contributed by atoms with E-state index in [4.69, 9.17) is 14.0 Å². The second-order valence-electron chi connectivity index (χ2n) is 5.18. The molecule has 1 aliphatic heterocycles. The molecule has 3 rings (SSSR count). The maximum atomic E-state index is 12.4. The molecule has 1 aliphatic rings. The number of aryl methyl sites for hydroxylation is 1. The summed E-state index contributed by atoms with van der Waals surface area (Å²) in [7, 11) is 1.60. The fourth-order valence-corrected chi connectivity index (χ4v) is 2.67. The molecule has 0 amide bonds. The number of ether oxygens (including phenoxy) is 1. The summed E-state index contributed by atoms with van der Waals surface area (Å²) in [6.45, 7) is 4.98. The summed E-state index contributed by atoms with van der Waals surface area (Å²) in [6, 6.07) is 5.57. The Morgan fingerprint density at radius 1 is 1.36 bits per heavy atom. The van der Waals surface area contributed by atoms with Gasteiger partial charge in [0.05, 0.1) is 7.11 Å². The molecule has 6 nitrogen and oxygen atoms in total. The van der Waals surface area contributed by atoms with E-state index in [-0.39, 0.29) is 5.76 Å². The SMILES string of the molecule is CCc1c(C(=O)ON2CCNCC2)oc2cc(OC)ccc12. The standard InChI is InChI=1S/C16H20N2O4/c1-3-12-13-5-4-11(20-2)10-14(13)21-15(12)16(19)22-18-8-6-17-7-9-18/h4-5,10,17H,3,6-9H2,1-2H3. The van der Waals surface area contributed by atoms with Crippen LogP contribution in [0, 0.1) is 0 Å². The Labute approximate surface area is 128 Å². The van der Waals surface area contributed by atoms with Crippen LogP contribution in [0.3, 0.4) is 0 Å². The van der Waals surface area contributed by atoms with Gasteiger partial charge in [0.1, 0.15) is 11.3 Å². The monoisotopic (exact) mass is 304 g/mol. The highest BCUT2D eigenvalue weighted by Gasteiger charge is 2.24. The lowest BCUT2D eigenvalue weighted by Gasteiger charge is -2.25. The van der Waals surface area contributed by atoms with Gasteiger partial charge in [0.15, 0.2) is 0 Å². The third kappa shape index (κ3) is 2.80. The Hall–Kier alpha value is -2.05. The highest BCUT2D eigenvalue weighted by molar-refractivity contribution is 5.96. The quantitative estimate of drug-likeness (QED) is 0.932. The van der Waals surface area contributed by atoms with Gasteiger partial charge in [-0.15, -0.1) is 5.06 Å². The number of methoxy groups -OCH3 is 1. The molecule has 118 valence electrons. The summed E-state index contributed by atoms with van der Waals surface area (Å²) in [5, 5.41) is 5.81. The van der Waals surface area contributed by atoms with Crippen LogP contribution in [-0.4, -0.2) is 44.3 Å². The van der Waals surface area contributed by atoms with Crippen LogP contribution in [0.1, 0.15) is 23.0 Å². The Balaban J connectivity index is 1.89. The number of carbonyl (C=O) groups is 1. The first-order valence-electron chi connectivity index (χ1n) is 7.50. The fraction of sp³-hybridized carbons (Fsp3) is 0.438. The maximum absolute atomic E-state index is 12.4. The molecule has 2 heterocycles. The van der Waals surface area contributed by atoms with Crippen LogP contribution >= 0.6 is 0 Å². The van der Waals surface area contributed by atoms with Crippen molar-refractivity contribution in [2.75, 3.05) is 33.3 Å². The van der Waals surface area contributed by atoms with Crippen molar-refractivity contribution >= 4 is 16.9 Å². The number of hydrogen-bond donors (Lipinski definition) is 1. The number of furan rings is 1. The van der Waals surface area contributed by atoms with Gasteiger partial charge in [0, 0.05) is 43.2 Å². The number of hydrogen-bond acceptors (Lipinski definition) is 6. The average molecular weight is 304 g/mol. The van der Waals surface area contributed by atoms with Crippen molar-refractivity contribution in [3.8, 4) is 5.75 Å². The van der Waals surface area contributed by atoms with E-state index in [1.54, 1.807) is 18.2 Å². The zero-order valence-electron chi connectivity index (χ0n) is 12.8. The molecule has 0 atom stereocenters. The molecule has 1 saturated heterocycles. The Bertz CT molecular complexity index is 674. The number of piperazine rings is 1. The number of fused-ring (bicyclic) bond motifs is 1. The van der Waals surface area contributed by atoms with Crippen LogP contribution < -0.4 is 10.1 Å². The summed E-state index contributed by atoms with van der Waals surface area (Å²) >= 11 is 0. The summed E-state index contributed by atoms with van der Waals surface area (Å²) in [5.41, 5.74) is 1.52. The molecule has 6 heteroatoms. The summed E-state index contributed by atoms with van der Waals surface area (Å²) in [6.07, 6.45) is 0.700. The number of nitrogens with one attached hydrogen (secondary N) is 1. The van der Waals surface area contributed by atoms with Crippen molar-refractivity contribution in [1.82, 2.24) is 10.4 Å². The molecule has 22 heavy (non-hydrogen) atoms. The van der Waals surface area contributed by atoms with E-state index in [0.717, 1.165) is 24.0 Å². The summed E-state index contributed by atoms with van der Waals surface area (Å²) < 4.78 is 10.9. The number of benzene rings is 1. The zero-order chi connectivity index (χ0) is 15.5. The van der Waals surface area contributed by atoms with Crippen molar-refractivity contribution < 1.29 is 18.8 Å². The topological polar surface area (TPSA) is 63.9 Å². The molecule has 1 N–H and O–H groups in total. The van der Waals surface area contributed by atoms with Crippen LogP contribution in [-0.2, 0) is 11.3 Å². The van der Waals surface area contributed by atoms with Gasteiger partial charge in [-0.3, -0.25) is 0 Å². The van der Waals surface area contributed by atoms with Gasteiger partial charge < -0.3 is 19.3 Å². The van der Waals surface area contributed by atoms with Gasteiger partial charge >= 0.3 is 5.97 Å². The van der Waals surface area contributed by atoms with Crippen molar-refractivity contribution in [1.29, 1.82) is 0 Å². The van der Waals surface area contributed by atoms with E-state index in [1.807, 2.05) is 19.1 Å². The minimum absolute atomic E-state index is 0.282. The first-order valence-corrected chi connectivity index (χ1v) is 7.50. The highest BCUT2D eigenvalue weighted by Crippen LogP contribution is 2.30. The van der Waals surface area contributed by atoms with E-state index < -0.39 is 5.97 Å². The number of hydroxylamine groups is 2. The molecule has 0 aliphatic carbocycles. The third-order valence-corrected chi connectivity index (χ3v) is 3.83. The molecule has 0 unspecified atom stereocenters. The molecule has 1 aromatic heterocycles. The summed E-state index contributed by atoms with van der Waals surface area (Å²) in [4.78, 5) is 17.8. The Morgan fingerprint density at radius 2 is 2.14 bits per heavy atom. The zero-order valence-corrected chi connectivity index (χ0v) is 12.8. The Morgan fingerprint density at radius 3 is 2.82 bits per heavy atom. The van der Waals surface area contributed by atoms with Crippen molar-refractivity contribution in [2.45, 2.75) is 13.3 Å². The van der Waals surface area contributed by atoms with Crippen LogP contribution in [0.2, 0.25) is 0 Å². The Kier molecular flexibility index (Phi) is 4.31. The molecule has 0 radical (unpaired) electrons. The minimum atomic E-state index is -0.436. The van der Waals surface area contributed by atoms with E-state index in [9.17, 15) is 4.79 Å². The smallest absolute Gasteiger partial charge is 0.393 e. The molecule has 0 spiro atoms. The van der Waals surface area contributed by atoms with Gasteiger partial charge in [-0.25, -0.2) is 4.79 Å². The first-order chi connectivity index (χ1) is 10.7. The maximum Gasteiger partial charge on any atom is 0.393 e. The van der Waals surface area contributed by atoms with Gasteiger partial charge in [-0.05, 0) is 18.6 Å². The fourth-order valence-electron chi connectivity index (χ4n) is 2.67.